The lowest BCUT2D eigenvalue weighted by atomic mass is 10.1. The number of rotatable bonds is 3. The van der Waals surface area contributed by atoms with Crippen molar-refractivity contribution in [2.24, 2.45) is 0 Å². The van der Waals surface area contributed by atoms with Crippen LogP contribution in [-0.4, -0.2) is 9.55 Å². The van der Waals surface area contributed by atoms with E-state index in [1.165, 1.54) is 11.1 Å². The SMILES string of the molecule is Cc1ccccc1CCn1c(=S)[nH]c2cc(Cl)c(Cl)cc21. The van der Waals surface area contributed by atoms with Crippen LogP contribution < -0.4 is 0 Å². The molecule has 2 nitrogen and oxygen atoms in total. The molecule has 0 bridgehead atoms. The van der Waals surface area contributed by atoms with Crippen LogP contribution in [0.1, 0.15) is 11.1 Å². The molecule has 0 saturated heterocycles. The Labute approximate surface area is 138 Å². The van der Waals surface area contributed by atoms with Crippen molar-refractivity contribution >= 4 is 46.5 Å². The van der Waals surface area contributed by atoms with Crippen LogP contribution in [0.3, 0.4) is 0 Å². The molecule has 5 heteroatoms. The Bertz CT molecular complexity index is 864. The van der Waals surface area contributed by atoms with Crippen LogP contribution >= 0.6 is 35.4 Å². The Kier molecular flexibility index (Phi) is 4.07. The largest absolute Gasteiger partial charge is 0.331 e. The summed E-state index contributed by atoms with van der Waals surface area (Å²) in [6, 6.07) is 12.1. The fourth-order valence-electron chi connectivity index (χ4n) is 2.50. The van der Waals surface area contributed by atoms with Gasteiger partial charge in [-0.1, -0.05) is 47.5 Å². The van der Waals surface area contributed by atoms with Gasteiger partial charge in [0, 0.05) is 6.54 Å². The highest BCUT2D eigenvalue weighted by Gasteiger charge is 2.08. The average molecular weight is 337 g/mol. The molecular weight excluding hydrogens is 323 g/mol. The number of hydrogen-bond acceptors (Lipinski definition) is 1. The lowest BCUT2D eigenvalue weighted by Crippen LogP contribution is -2.02. The van der Waals surface area contributed by atoms with E-state index in [0.29, 0.717) is 14.8 Å². The van der Waals surface area contributed by atoms with Gasteiger partial charge in [-0.15, -0.1) is 0 Å². The molecule has 0 fully saturated rings. The second kappa shape index (κ2) is 5.84. The minimum Gasteiger partial charge on any atom is -0.331 e. The molecule has 1 aromatic heterocycles. The molecule has 0 saturated carbocycles. The molecule has 0 aliphatic carbocycles. The van der Waals surface area contributed by atoms with E-state index in [-0.39, 0.29) is 0 Å². The van der Waals surface area contributed by atoms with Crippen LogP contribution in [-0.2, 0) is 13.0 Å². The van der Waals surface area contributed by atoms with Gasteiger partial charge in [0.25, 0.3) is 0 Å². The fourth-order valence-corrected chi connectivity index (χ4v) is 3.12. The zero-order chi connectivity index (χ0) is 15.0. The third-order valence-corrected chi connectivity index (χ3v) is 4.73. The summed E-state index contributed by atoms with van der Waals surface area (Å²) < 4.78 is 2.76. The van der Waals surface area contributed by atoms with Gasteiger partial charge in [0.15, 0.2) is 4.77 Å². The van der Waals surface area contributed by atoms with Crippen LogP contribution in [0.25, 0.3) is 11.0 Å². The number of H-pyrrole nitrogens is 1. The second-order valence-electron chi connectivity index (χ2n) is 5.04. The van der Waals surface area contributed by atoms with Crippen molar-refractivity contribution in [2.45, 2.75) is 19.9 Å². The fraction of sp³-hybridized carbons (Fsp3) is 0.188. The van der Waals surface area contributed by atoms with Gasteiger partial charge in [-0.25, -0.2) is 0 Å². The van der Waals surface area contributed by atoms with Crippen molar-refractivity contribution in [1.29, 1.82) is 0 Å². The normalized spacial score (nSPS) is 11.2. The van der Waals surface area contributed by atoms with Crippen molar-refractivity contribution in [3.8, 4) is 0 Å². The van der Waals surface area contributed by atoms with Crippen LogP contribution in [0.2, 0.25) is 10.0 Å². The molecule has 1 heterocycles. The Hall–Kier alpha value is -1.29. The maximum atomic E-state index is 6.12. The quantitative estimate of drug-likeness (QED) is 0.621. The minimum absolute atomic E-state index is 0.534. The first-order chi connectivity index (χ1) is 10.1. The highest BCUT2D eigenvalue weighted by Crippen LogP contribution is 2.27. The lowest BCUT2D eigenvalue weighted by molar-refractivity contribution is 0.704. The molecule has 3 rings (SSSR count). The molecular formula is C16H14Cl2N2S. The van der Waals surface area contributed by atoms with Gasteiger partial charge >= 0.3 is 0 Å². The number of hydrogen-bond donors (Lipinski definition) is 1. The molecule has 21 heavy (non-hydrogen) atoms. The zero-order valence-electron chi connectivity index (χ0n) is 11.5. The number of aromatic nitrogens is 2. The van der Waals surface area contributed by atoms with Crippen molar-refractivity contribution in [1.82, 2.24) is 9.55 Å². The smallest absolute Gasteiger partial charge is 0.178 e. The molecule has 0 amide bonds. The first kappa shape index (κ1) is 14.6. The number of nitrogens with zero attached hydrogens (tertiary/aromatic N) is 1. The first-order valence-corrected chi connectivity index (χ1v) is 7.85. The van der Waals surface area contributed by atoms with Crippen molar-refractivity contribution in [3.05, 3.63) is 62.3 Å². The first-order valence-electron chi connectivity index (χ1n) is 6.68. The Morgan fingerprint density at radius 3 is 2.62 bits per heavy atom. The highest BCUT2D eigenvalue weighted by molar-refractivity contribution is 7.71. The topological polar surface area (TPSA) is 20.7 Å². The summed E-state index contributed by atoms with van der Waals surface area (Å²) in [6.07, 6.45) is 0.925. The van der Waals surface area contributed by atoms with Crippen LogP contribution in [0.15, 0.2) is 36.4 Å². The van der Waals surface area contributed by atoms with Gasteiger partial charge in [0.05, 0.1) is 21.1 Å². The highest BCUT2D eigenvalue weighted by atomic mass is 35.5. The molecule has 0 spiro atoms. The molecule has 2 aromatic carbocycles. The van der Waals surface area contributed by atoms with E-state index in [1.807, 2.05) is 12.1 Å². The summed E-state index contributed by atoms with van der Waals surface area (Å²) in [5.74, 6) is 0. The summed E-state index contributed by atoms with van der Waals surface area (Å²) >= 11 is 17.6. The van der Waals surface area contributed by atoms with Gasteiger partial charge in [-0.2, -0.15) is 0 Å². The van der Waals surface area contributed by atoms with E-state index >= 15 is 0 Å². The Balaban J connectivity index is 1.97. The standard InChI is InChI=1S/C16H14Cl2N2S/c1-10-4-2-3-5-11(10)6-7-20-15-9-13(18)12(17)8-14(15)19-16(20)21/h2-5,8-9H,6-7H2,1H3,(H,19,21). The van der Waals surface area contributed by atoms with Crippen LogP contribution in [0.4, 0.5) is 0 Å². The molecule has 108 valence electrons. The average Bonchev–Trinajstić information content (AvgIpc) is 2.74. The van der Waals surface area contributed by atoms with Crippen LogP contribution in [0.5, 0.6) is 0 Å². The molecule has 0 aliphatic rings. The summed E-state index contributed by atoms with van der Waals surface area (Å²) in [7, 11) is 0. The molecule has 0 aliphatic heterocycles. The summed E-state index contributed by atoms with van der Waals surface area (Å²) in [4.78, 5) is 3.18. The van der Waals surface area contributed by atoms with Gasteiger partial charge in [-0.3, -0.25) is 0 Å². The Morgan fingerprint density at radius 1 is 1.14 bits per heavy atom. The van der Waals surface area contributed by atoms with Gasteiger partial charge in [0.1, 0.15) is 0 Å². The third kappa shape index (κ3) is 2.86. The summed E-state index contributed by atoms with van der Waals surface area (Å²) in [5.41, 5.74) is 4.53. The number of aromatic amines is 1. The van der Waals surface area contributed by atoms with Crippen LogP contribution in [0, 0.1) is 11.7 Å². The summed E-state index contributed by atoms with van der Waals surface area (Å²) in [6.45, 7) is 2.93. The van der Waals surface area contributed by atoms with Crippen molar-refractivity contribution in [2.75, 3.05) is 0 Å². The number of nitrogens with one attached hydrogen (secondary N) is 1. The van der Waals surface area contributed by atoms with Gasteiger partial charge in [-0.05, 0) is 48.8 Å². The number of imidazole rings is 1. The second-order valence-corrected chi connectivity index (χ2v) is 6.24. The van der Waals surface area contributed by atoms with E-state index in [1.54, 1.807) is 0 Å². The van der Waals surface area contributed by atoms with E-state index in [9.17, 15) is 0 Å². The molecule has 0 radical (unpaired) electrons. The zero-order valence-corrected chi connectivity index (χ0v) is 13.8. The van der Waals surface area contributed by atoms with Crippen molar-refractivity contribution in [3.63, 3.8) is 0 Å². The van der Waals surface area contributed by atoms with E-state index < -0.39 is 0 Å². The van der Waals surface area contributed by atoms with Gasteiger partial charge < -0.3 is 9.55 Å². The van der Waals surface area contributed by atoms with Gasteiger partial charge in [0.2, 0.25) is 0 Å². The predicted molar refractivity (Wildman–Crippen MR) is 92.0 cm³/mol. The van der Waals surface area contributed by atoms with E-state index in [0.717, 1.165) is 24.0 Å². The molecule has 3 aromatic rings. The number of aryl methyl sites for hydroxylation is 3. The Morgan fingerprint density at radius 2 is 1.86 bits per heavy atom. The minimum atomic E-state index is 0.534. The van der Waals surface area contributed by atoms with E-state index in [4.69, 9.17) is 35.4 Å². The summed E-state index contributed by atoms with van der Waals surface area (Å²) in [5, 5.41) is 1.08. The number of halogens is 2. The molecule has 0 atom stereocenters. The maximum Gasteiger partial charge on any atom is 0.178 e. The number of fused-ring (bicyclic) bond motifs is 1. The molecule has 1 N–H and O–H groups in total. The lowest BCUT2D eigenvalue weighted by Gasteiger charge is -2.08. The van der Waals surface area contributed by atoms with E-state index in [2.05, 4.69) is 40.7 Å². The number of benzene rings is 2. The third-order valence-electron chi connectivity index (χ3n) is 3.68. The van der Waals surface area contributed by atoms with Crippen molar-refractivity contribution < 1.29 is 0 Å². The monoisotopic (exact) mass is 336 g/mol. The molecule has 0 unspecified atom stereocenters. The maximum absolute atomic E-state index is 6.12. The predicted octanol–water partition coefficient (Wildman–Crippen LogP) is 5.56.